The number of hydrogen-bond acceptors (Lipinski definition) is 1. The Morgan fingerprint density at radius 3 is 0.624 bits per heavy atom. The van der Waals surface area contributed by atoms with Gasteiger partial charge in [-0.05, 0) is 91.6 Å². The van der Waals surface area contributed by atoms with Crippen LogP contribution in [-0.2, 0) is 19.3 Å². The Kier molecular flexibility index (Phi) is 35.3. The van der Waals surface area contributed by atoms with Crippen LogP contribution in [0.15, 0.2) is 103 Å². The molecule has 0 amide bonds. The third-order valence-corrected chi connectivity index (χ3v) is 25.1. The van der Waals surface area contributed by atoms with E-state index < -0.39 is 152 Å². The van der Waals surface area contributed by atoms with Crippen molar-refractivity contribution in [2.75, 3.05) is 6.16 Å². The lowest BCUT2D eigenvalue weighted by Gasteiger charge is -2.44. The lowest BCUT2D eigenvalue weighted by molar-refractivity contribution is 0.102. The number of carbonyl (C=O) groups is 1. The molecule has 0 radical (unpaired) electrons. The summed E-state index contributed by atoms with van der Waals surface area (Å²) in [5.74, 6) is -71.2. The molecule has 0 atom stereocenters. The van der Waals surface area contributed by atoms with Gasteiger partial charge >= 0.3 is 0 Å². The zero-order chi connectivity index (χ0) is 79.5. The Hall–Kier alpha value is -7.48. The molecule has 0 aliphatic rings. The Labute approximate surface area is 627 Å². The summed E-state index contributed by atoms with van der Waals surface area (Å²) in [7, 11) is -2.35. The van der Waals surface area contributed by atoms with Crippen molar-refractivity contribution in [3.05, 3.63) is 242 Å². The average Bonchev–Trinajstić information content (AvgIpc) is 0.681. The maximum absolute atomic E-state index is 15.4. The van der Waals surface area contributed by atoms with Gasteiger partial charge in [0.1, 0.15) is 82.0 Å². The minimum atomic E-state index is -7.22. The minimum absolute atomic E-state index is 0.243. The monoisotopic (exact) mass is 1560 g/mol. The van der Waals surface area contributed by atoms with Gasteiger partial charge in [0, 0.05) is 5.56 Å². The van der Waals surface area contributed by atoms with E-state index in [0.717, 1.165) is 24.8 Å². The Balaban J connectivity index is 0.000000322. The molecule has 0 aliphatic heterocycles. The van der Waals surface area contributed by atoms with Gasteiger partial charge in [0.15, 0.2) is 69.8 Å². The highest BCUT2D eigenvalue weighted by Gasteiger charge is 2.53. The summed E-state index contributed by atoms with van der Waals surface area (Å²) in [5.41, 5.74) is -9.23. The summed E-state index contributed by atoms with van der Waals surface area (Å²) < 4.78 is 294. The molecule has 0 fully saturated rings. The van der Waals surface area contributed by atoms with Gasteiger partial charge in [0.2, 0.25) is 5.78 Å². The van der Waals surface area contributed by atoms with Crippen molar-refractivity contribution in [3.8, 4) is 0 Å². The fourth-order valence-corrected chi connectivity index (χ4v) is 18.8. The fraction of sp³-hybridized carbons (Fsp3) is 0.430. The first kappa shape index (κ1) is 88.7. The standard InChI is InChI=1S/C62H94OP.C24BF20/c1-4-7-10-13-16-19-22-25-28-32-37-55-42-48-59(49-43-55)64(54-62(63)58-40-35-31-36-41-58,60-50-44-56(45-51-60)38-33-29-26-23-20-17-14-11-8-5-2)61-52-46-57(47-53-61)39-34-30-27-24-21-18-15-12-9-6-3;26-5-1(6(27)14(35)21(42)13(5)34)25(2-7(28)15(36)22(43)16(37)8(2)29,3-9(30)17(38)23(44)18(39)10(3)31)4-11(32)19(40)24(45)20(41)12(4)33/h31,35-36,40-53H,4-30,32-34,37-39,54H2,1-3H3;/q+1;-1. The highest BCUT2D eigenvalue weighted by atomic mass is 31.2. The quantitative estimate of drug-likeness (QED) is 0.00708. The van der Waals surface area contributed by atoms with E-state index in [1.807, 2.05) is 30.3 Å². The van der Waals surface area contributed by atoms with Crippen LogP contribution in [0.2, 0.25) is 0 Å². The van der Waals surface area contributed by atoms with E-state index in [9.17, 15) is 57.5 Å². The van der Waals surface area contributed by atoms with E-state index in [1.54, 1.807) is 0 Å². The summed E-state index contributed by atoms with van der Waals surface area (Å²) in [6.45, 7) is 6.90. The molecule has 8 aromatic rings. The maximum atomic E-state index is 15.4. The number of unbranched alkanes of at least 4 members (excludes halogenated alkanes) is 27. The van der Waals surface area contributed by atoms with Crippen LogP contribution in [0.5, 0.6) is 0 Å². The van der Waals surface area contributed by atoms with E-state index in [2.05, 4.69) is 93.6 Å². The van der Waals surface area contributed by atoms with Gasteiger partial charge in [-0.3, -0.25) is 4.79 Å². The van der Waals surface area contributed by atoms with Crippen LogP contribution in [0.3, 0.4) is 0 Å². The first-order valence-electron chi connectivity index (χ1n) is 38.3. The van der Waals surface area contributed by atoms with Crippen LogP contribution >= 0.6 is 7.26 Å². The molecular weight excluding hydrogens is 1470 g/mol. The van der Waals surface area contributed by atoms with Crippen LogP contribution in [0.1, 0.15) is 240 Å². The number of benzene rings is 8. The second-order valence-electron chi connectivity index (χ2n) is 28.4. The molecule has 0 N–H and O–H groups in total. The smallest absolute Gasteiger partial charge is 0.201 e. The van der Waals surface area contributed by atoms with E-state index in [-0.39, 0.29) is 5.78 Å². The number of halogens is 20. The average molecular weight is 1570 g/mol. The van der Waals surface area contributed by atoms with Crippen LogP contribution in [0, 0.1) is 116 Å². The van der Waals surface area contributed by atoms with Crippen LogP contribution in [0.4, 0.5) is 87.8 Å². The van der Waals surface area contributed by atoms with Gasteiger partial charge < -0.3 is 0 Å². The molecule has 23 heteroatoms. The van der Waals surface area contributed by atoms with Crippen molar-refractivity contribution >= 4 is 57.0 Å². The third kappa shape index (κ3) is 21.4. The highest BCUT2D eigenvalue weighted by Crippen LogP contribution is 2.56. The van der Waals surface area contributed by atoms with Crippen LogP contribution in [0.25, 0.3) is 0 Å². The maximum Gasteiger partial charge on any atom is 0.201 e. The van der Waals surface area contributed by atoms with Crippen molar-refractivity contribution in [1.29, 1.82) is 0 Å². The van der Waals surface area contributed by atoms with Gasteiger partial charge in [-0.1, -0.05) is 261 Å². The van der Waals surface area contributed by atoms with Crippen molar-refractivity contribution < 1.29 is 92.6 Å². The number of ketones is 1. The predicted octanol–water partition coefficient (Wildman–Crippen LogP) is 24.1. The van der Waals surface area contributed by atoms with Crippen LogP contribution in [-0.4, -0.2) is 18.1 Å². The van der Waals surface area contributed by atoms with Crippen molar-refractivity contribution in [2.24, 2.45) is 0 Å². The van der Waals surface area contributed by atoms with Crippen molar-refractivity contribution in [1.82, 2.24) is 0 Å². The second-order valence-corrected chi connectivity index (χ2v) is 31.8. The Bertz CT molecular complexity index is 3690. The van der Waals surface area contributed by atoms with Crippen molar-refractivity contribution in [3.63, 3.8) is 0 Å². The summed E-state index contributed by atoms with van der Waals surface area (Å²) in [6, 6.07) is 38.9. The van der Waals surface area contributed by atoms with Gasteiger partial charge in [-0.15, -0.1) is 21.9 Å². The Morgan fingerprint density at radius 1 is 0.239 bits per heavy atom. The van der Waals surface area contributed by atoms with E-state index in [0.29, 0.717) is 6.16 Å². The lowest BCUT2D eigenvalue weighted by atomic mass is 9.12. The molecule has 1 nitrogen and oxygen atoms in total. The van der Waals surface area contributed by atoms with Gasteiger partial charge in [-0.2, -0.15) is 0 Å². The van der Waals surface area contributed by atoms with Crippen LogP contribution < -0.4 is 37.8 Å². The van der Waals surface area contributed by atoms with Gasteiger partial charge in [0.05, 0.1) is 0 Å². The number of carbonyl (C=O) groups excluding carboxylic acids is 1. The summed E-state index contributed by atoms with van der Waals surface area (Å²) in [5, 5.41) is 3.98. The summed E-state index contributed by atoms with van der Waals surface area (Å²) in [6.07, 6.45) is 37.6. The summed E-state index contributed by atoms with van der Waals surface area (Å²) >= 11 is 0. The number of rotatable bonds is 43. The third-order valence-electron chi connectivity index (χ3n) is 20.8. The molecule has 0 aromatic heterocycles. The van der Waals surface area contributed by atoms with Gasteiger partial charge in [-0.25, -0.2) is 87.8 Å². The first-order chi connectivity index (χ1) is 52.3. The molecule has 0 unspecified atom stereocenters. The lowest BCUT2D eigenvalue weighted by Crippen LogP contribution is -2.81. The van der Waals surface area contributed by atoms with Gasteiger partial charge in [0.25, 0.3) is 0 Å². The molecule has 0 bridgehead atoms. The molecule has 0 aliphatic carbocycles. The summed E-state index contributed by atoms with van der Waals surface area (Å²) in [4.78, 5) is 14.6. The predicted molar refractivity (Wildman–Crippen MR) is 397 cm³/mol. The Morgan fingerprint density at radius 2 is 0.422 bits per heavy atom. The van der Waals surface area contributed by atoms with E-state index in [4.69, 9.17) is 0 Å². The molecule has 109 heavy (non-hydrogen) atoms. The van der Waals surface area contributed by atoms with E-state index >= 15 is 35.1 Å². The highest BCUT2D eigenvalue weighted by molar-refractivity contribution is 7.96. The minimum Gasteiger partial charge on any atom is -0.290 e. The number of hydrogen-bond donors (Lipinski definition) is 0. The fourth-order valence-electron chi connectivity index (χ4n) is 14.7. The zero-order valence-electron chi connectivity index (χ0n) is 61.8. The second kappa shape index (κ2) is 43.4. The molecule has 0 saturated carbocycles. The molecule has 0 heterocycles. The molecule has 8 rings (SSSR count). The molecule has 0 spiro atoms. The molecule has 8 aromatic carbocycles. The topological polar surface area (TPSA) is 17.1 Å². The molecular formula is C86H94BF20OP. The number of aryl methyl sites for hydroxylation is 3. The largest absolute Gasteiger partial charge is 0.290 e. The number of Topliss-reactive ketones (excluding diaryl/α,β-unsaturated/α-hetero) is 1. The zero-order valence-corrected chi connectivity index (χ0v) is 62.7. The SMILES string of the molecule is CCCCCCCCCCCCc1ccc([P+](CC(=O)c2ccccc2)(c2ccc(CCCCCCCCCCCC)cc2)c2ccc(CCCCCCCCCCCC)cc2)cc1.Fc1c(F)c(F)c([B-](c2c(F)c(F)c(F)c(F)c2F)(c2c(F)c(F)c(F)c(F)c2F)c2c(F)c(F)c(F)c(F)c2F)c(F)c1F. The van der Waals surface area contributed by atoms with Crippen molar-refractivity contribution in [2.45, 2.75) is 233 Å². The van der Waals surface area contributed by atoms with E-state index in [1.165, 1.54) is 225 Å². The molecule has 592 valence electrons. The normalized spacial score (nSPS) is 11.8. The first-order valence-corrected chi connectivity index (χ1v) is 40.3. The molecule has 0 saturated heterocycles.